The van der Waals surface area contributed by atoms with E-state index in [1.807, 2.05) is 54.3 Å². The lowest BCUT2D eigenvalue weighted by Crippen LogP contribution is -3.19. The van der Waals surface area contributed by atoms with Crippen molar-refractivity contribution in [3.63, 3.8) is 0 Å². The van der Waals surface area contributed by atoms with Crippen LogP contribution in [0, 0.1) is 0 Å². The van der Waals surface area contributed by atoms with Crippen molar-refractivity contribution in [2.24, 2.45) is 0 Å². The molecule has 1 aliphatic heterocycles. The topological polar surface area (TPSA) is 45.1 Å². The van der Waals surface area contributed by atoms with Crippen LogP contribution in [0.5, 0.6) is 0 Å². The predicted octanol–water partition coefficient (Wildman–Crippen LogP) is 2.03. The third-order valence-corrected chi connectivity index (χ3v) is 5.94. The molecule has 0 aliphatic carbocycles. The molecule has 2 aromatic carbocycles. The van der Waals surface area contributed by atoms with Gasteiger partial charge in [0.05, 0.1) is 26.2 Å². The van der Waals surface area contributed by atoms with E-state index in [0.717, 1.165) is 44.0 Å². The molecule has 1 saturated heterocycles. The van der Waals surface area contributed by atoms with Crippen molar-refractivity contribution in [1.29, 1.82) is 0 Å². The maximum Gasteiger partial charge on any atom is 0.280 e. The van der Waals surface area contributed by atoms with Crippen LogP contribution in [0.1, 0.15) is 36.7 Å². The number of nitrogens with zero attached hydrogens (tertiary/aromatic N) is 2. The van der Waals surface area contributed by atoms with Gasteiger partial charge in [0.1, 0.15) is 0 Å². The molecular weight excluding hydrogens is 362 g/mol. The number of Topliss-reactive ketones (excluding diaryl/α,β-unsaturated/α-hetero) is 1. The van der Waals surface area contributed by atoms with Crippen LogP contribution in [0.2, 0.25) is 0 Å². The molecule has 0 saturated carbocycles. The Labute approximate surface area is 173 Å². The first-order valence-electron chi connectivity index (χ1n) is 10.5. The third kappa shape index (κ3) is 5.24. The molecule has 1 atom stereocenters. The number of amides is 1. The molecule has 5 heteroatoms. The van der Waals surface area contributed by atoms with E-state index < -0.39 is 0 Å². The van der Waals surface area contributed by atoms with Crippen LogP contribution in [-0.2, 0) is 11.3 Å². The van der Waals surface area contributed by atoms with Gasteiger partial charge in [-0.25, -0.2) is 0 Å². The molecule has 3 rings (SSSR count). The van der Waals surface area contributed by atoms with Crippen molar-refractivity contribution >= 4 is 17.4 Å². The minimum absolute atomic E-state index is 0.0408. The van der Waals surface area contributed by atoms with Crippen molar-refractivity contribution in [2.45, 2.75) is 33.4 Å². The Morgan fingerprint density at radius 1 is 1.03 bits per heavy atom. The standard InChI is InChI=1S/C24H31N3O2/c1-4-25(18-21-8-6-5-7-9-21)24(29)19(2)26-14-16-27(17-15-26)23-12-10-22(11-13-23)20(3)28/h5-13,19H,4,14-18H2,1-3H3/p+1/t19-/m0/s1. The molecule has 154 valence electrons. The lowest BCUT2D eigenvalue weighted by molar-refractivity contribution is -0.915. The second kappa shape index (κ2) is 9.70. The highest BCUT2D eigenvalue weighted by molar-refractivity contribution is 5.94. The van der Waals surface area contributed by atoms with Gasteiger partial charge >= 0.3 is 0 Å². The summed E-state index contributed by atoms with van der Waals surface area (Å²) in [5.41, 5.74) is 3.06. The van der Waals surface area contributed by atoms with Crippen LogP contribution in [0.3, 0.4) is 0 Å². The number of ketones is 1. The van der Waals surface area contributed by atoms with Crippen LogP contribution >= 0.6 is 0 Å². The zero-order valence-electron chi connectivity index (χ0n) is 17.7. The number of quaternary nitrogens is 1. The molecule has 29 heavy (non-hydrogen) atoms. The van der Waals surface area contributed by atoms with Crippen molar-refractivity contribution in [3.05, 3.63) is 65.7 Å². The number of carbonyl (C=O) groups excluding carboxylic acids is 2. The smallest absolute Gasteiger partial charge is 0.280 e. The first kappa shape index (κ1) is 21.1. The zero-order chi connectivity index (χ0) is 20.8. The first-order valence-corrected chi connectivity index (χ1v) is 10.5. The summed E-state index contributed by atoms with van der Waals surface area (Å²) in [6, 6.07) is 18.0. The number of rotatable bonds is 7. The number of piperazine rings is 1. The minimum Gasteiger partial charge on any atom is -0.360 e. The van der Waals surface area contributed by atoms with E-state index in [0.29, 0.717) is 6.54 Å². The number of anilines is 1. The summed E-state index contributed by atoms with van der Waals surface area (Å²) in [5, 5.41) is 0. The lowest BCUT2D eigenvalue weighted by atomic mass is 10.1. The van der Waals surface area contributed by atoms with Crippen molar-refractivity contribution < 1.29 is 14.5 Å². The van der Waals surface area contributed by atoms with Gasteiger partial charge in [0.15, 0.2) is 11.8 Å². The molecule has 1 N–H and O–H groups in total. The molecule has 0 spiro atoms. The molecule has 2 aromatic rings. The van der Waals surface area contributed by atoms with E-state index in [1.54, 1.807) is 6.92 Å². The third-order valence-electron chi connectivity index (χ3n) is 5.94. The van der Waals surface area contributed by atoms with Crippen LogP contribution in [0.25, 0.3) is 0 Å². The fraction of sp³-hybridized carbons (Fsp3) is 0.417. The van der Waals surface area contributed by atoms with Crippen molar-refractivity contribution in [1.82, 2.24) is 4.90 Å². The Hall–Kier alpha value is -2.66. The Balaban J connectivity index is 1.56. The summed E-state index contributed by atoms with van der Waals surface area (Å²) in [5.74, 6) is 0.319. The summed E-state index contributed by atoms with van der Waals surface area (Å²) >= 11 is 0. The maximum atomic E-state index is 13.1. The average Bonchev–Trinajstić information content (AvgIpc) is 2.77. The molecule has 0 aromatic heterocycles. The van der Waals surface area contributed by atoms with Gasteiger partial charge in [-0.1, -0.05) is 30.3 Å². The summed E-state index contributed by atoms with van der Waals surface area (Å²) < 4.78 is 0. The first-order chi connectivity index (χ1) is 14.0. The fourth-order valence-electron chi connectivity index (χ4n) is 3.99. The van der Waals surface area contributed by atoms with E-state index >= 15 is 0 Å². The van der Waals surface area contributed by atoms with Gasteiger partial charge in [0.2, 0.25) is 0 Å². The molecule has 0 bridgehead atoms. The van der Waals surface area contributed by atoms with Crippen LogP contribution in [-0.4, -0.2) is 55.4 Å². The van der Waals surface area contributed by atoms with Crippen molar-refractivity contribution in [2.75, 3.05) is 37.6 Å². The van der Waals surface area contributed by atoms with Gasteiger partial charge in [-0.3, -0.25) is 9.59 Å². The Morgan fingerprint density at radius 2 is 1.66 bits per heavy atom. The predicted molar refractivity (Wildman–Crippen MR) is 116 cm³/mol. The lowest BCUT2D eigenvalue weighted by Gasteiger charge is -2.37. The van der Waals surface area contributed by atoms with Gasteiger partial charge in [-0.15, -0.1) is 0 Å². The van der Waals surface area contributed by atoms with Gasteiger partial charge < -0.3 is 14.7 Å². The molecule has 0 radical (unpaired) electrons. The van der Waals surface area contributed by atoms with E-state index in [1.165, 1.54) is 10.5 Å². The number of carbonyl (C=O) groups is 2. The molecule has 1 fully saturated rings. The van der Waals surface area contributed by atoms with Crippen LogP contribution in [0.15, 0.2) is 54.6 Å². The molecular formula is C24H32N3O2+. The van der Waals surface area contributed by atoms with Crippen LogP contribution in [0.4, 0.5) is 5.69 Å². The molecule has 0 unspecified atom stereocenters. The summed E-state index contributed by atoms with van der Waals surface area (Å²) in [6.07, 6.45) is 0. The molecule has 1 heterocycles. The summed E-state index contributed by atoms with van der Waals surface area (Å²) in [6.45, 7) is 10.8. The van der Waals surface area contributed by atoms with Gasteiger partial charge in [0.25, 0.3) is 5.91 Å². The van der Waals surface area contributed by atoms with Crippen LogP contribution < -0.4 is 9.80 Å². The fourth-order valence-corrected chi connectivity index (χ4v) is 3.99. The highest BCUT2D eigenvalue weighted by Gasteiger charge is 2.31. The summed E-state index contributed by atoms with van der Waals surface area (Å²) in [7, 11) is 0. The zero-order valence-corrected chi connectivity index (χ0v) is 17.7. The normalized spacial score (nSPS) is 15.8. The van der Waals surface area contributed by atoms with E-state index in [9.17, 15) is 9.59 Å². The van der Waals surface area contributed by atoms with E-state index in [2.05, 4.69) is 24.0 Å². The Morgan fingerprint density at radius 3 is 2.21 bits per heavy atom. The average molecular weight is 395 g/mol. The maximum absolute atomic E-state index is 13.1. The Kier molecular flexibility index (Phi) is 7.04. The molecule has 5 nitrogen and oxygen atoms in total. The number of hydrogen-bond donors (Lipinski definition) is 1. The number of nitrogens with one attached hydrogen (secondary N) is 1. The number of hydrogen-bond acceptors (Lipinski definition) is 3. The quantitative estimate of drug-likeness (QED) is 0.731. The Bertz CT molecular complexity index is 812. The van der Waals surface area contributed by atoms with Gasteiger partial charge in [-0.2, -0.15) is 0 Å². The molecule has 1 amide bonds. The number of benzene rings is 2. The van der Waals surface area contributed by atoms with Gasteiger partial charge in [0, 0.05) is 24.3 Å². The summed E-state index contributed by atoms with van der Waals surface area (Å²) in [4.78, 5) is 30.2. The monoisotopic (exact) mass is 394 g/mol. The second-order valence-electron chi connectivity index (χ2n) is 7.81. The highest BCUT2D eigenvalue weighted by atomic mass is 16.2. The number of likely N-dealkylation sites (N-methyl/N-ethyl adjacent to an activating group) is 1. The minimum atomic E-state index is -0.0408. The molecule has 1 aliphatic rings. The second-order valence-corrected chi connectivity index (χ2v) is 7.81. The SMILES string of the molecule is CCN(Cc1ccccc1)C(=O)[C@H](C)[NH+]1CCN(c2ccc(C(C)=O)cc2)CC1. The van der Waals surface area contributed by atoms with E-state index in [-0.39, 0.29) is 17.7 Å². The van der Waals surface area contributed by atoms with Gasteiger partial charge in [-0.05, 0) is 50.6 Å². The van der Waals surface area contributed by atoms with E-state index in [4.69, 9.17) is 0 Å². The largest absolute Gasteiger partial charge is 0.360 e. The highest BCUT2D eigenvalue weighted by Crippen LogP contribution is 2.15. The van der Waals surface area contributed by atoms with Crippen molar-refractivity contribution in [3.8, 4) is 0 Å².